The van der Waals surface area contributed by atoms with Gasteiger partial charge in [0.1, 0.15) is 4.90 Å². The van der Waals surface area contributed by atoms with Crippen molar-refractivity contribution < 1.29 is 18.3 Å². The molecule has 0 spiro atoms. The molecule has 0 bridgehead atoms. The summed E-state index contributed by atoms with van der Waals surface area (Å²) in [6.07, 6.45) is 2.91. The van der Waals surface area contributed by atoms with Crippen LogP contribution < -0.4 is 10.0 Å². The van der Waals surface area contributed by atoms with Crippen LogP contribution in [0.2, 0.25) is 0 Å². The van der Waals surface area contributed by atoms with Crippen molar-refractivity contribution in [3.8, 4) is 11.8 Å². The Hall–Kier alpha value is -4.42. The van der Waals surface area contributed by atoms with Gasteiger partial charge in [0.15, 0.2) is 5.69 Å². The highest BCUT2D eigenvalue weighted by Gasteiger charge is 2.19. The standard InChI is InChI=1S/C25H20N4O4S/c1-2-26-21-15-17(16-28-24(21)25(30)31)12-13-18-7-3-4-10-20(18)29-34(32,33)22-11-5-8-19-9-6-14-27-23(19)22/h3-11,14-16,26,29H,2H2,1H3,(H,30,31). The lowest BCUT2D eigenvalue weighted by atomic mass is 10.1. The zero-order chi connectivity index (χ0) is 24.1. The van der Waals surface area contributed by atoms with Gasteiger partial charge < -0.3 is 10.4 Å². The summed E-state index contributed by atoms with van der Waals surface area (Å²) in [6, 6.07) is 16.9. The van der Waals surface area contributed by atoms with Crippen molar-refractivity contribution in [1.29, 1.82) is 0 Å². The third kappa shape index (κ3) is 4.82. The van der Waals surface area contributed by atoms with Crippen molar-refractivity contribution in [3.63, 3.8) is 0 Å². The first kappa shape index (κ1) is 22.8. The Labute approximate surface area is 196 Å². The molecular weight excluding hydrogens is 452 g/mol. The van der Waals surface area contributed by atoms with E-state index in [1.165, 1.54) is 12.3 Å². The number of carboxylic acid groups (broad SMARTS) is 1. The molecule has 0 unspecified atom stereocenters. The number of para-hydroxylation sites is 2. The van der Waals surface area contributed by atoms with Crippen molar-refractivity contribution in [3.05, 3.63) is 89.9 Å². The predicted octanol–water partition coefficient (Wildman–Crippen LogP) is 3.96. The number of carboxylic acids is 1. The van der Waals surface area contributed by atoms with E-state index in [1.54, 1.807) is 60.8 Å². The number of nitrogens with one attached hydrogen (secondary N) is 2. The first-order valence-electron chi connectivity index (χ1n) is 10.3. The van der Waals surface area contributed by atoms with E-state index in [2.05, 4.69) is 31.8 Å². The number of hydrogen-bond donors (Lipinski definition) is 3. The van der Waals surface area contributed by atoms with Gasteiger partial charge in [0, 0.05) is 35.5 Å². The first-order chi connectivity index (χ1) is 16.4. The maximum atomic E-state index is 13.2. The van der Waals surface area contributed by atoms with Gasteiger partial charge in [0.05, 0.1) is 16.9 Å². The van der Waals surface area contributed by atoms with E-state index >= 15 is 0 Å². The van der Waals surface area contributed by atoms with Crippen LogP contribution in [0.15, 0.2) is 78.0 Å². The lowest BCUT2D eigenvalue weighted by Crippen LogP contribution is -2.14. The molecule has 0 aliphatic carbocycles. The number of benzene rings is 2. The largest absolute Gasteiger partial charge is 0.476 e. The second kappa shape index (κ2) is 9.60. The summed E-state index contributed by atoms with van der Waals surface area (Å²) in [6.45, 7) is 2.37. The summed E-state index contributed by atoms with van der Waals surface area (Å²) in [4.78, 5) is 19.6. The van der Waals surface area contributed by atoms with Gasteiger partial charge in [-0.1, -0.05) is 42.2 Å². The fraction of sp³-hybridized carbons (Fsp3) is 0.0800. The van der Waals surface area contributed by atoms with Crippen LogP contribution in [-0.2, 0) is 10.0 Å². The molecule has 8 nitrogen and oxygen atoms in total. The number of hydrogen-bond acceptors (Lipinski definition) is 6. The molecule has 0 aliphatic heterocycles. The van der Waals surface area contributed by atoms with Crippen LogP contribution >= 0.6 is 0 Å². The van der Waals surface area contributed by atoms with Crippen LogP contribution in [0, 0.1) is 11.8 Å². The summed E-state index contributed by atoms with van der Waals surface area (Å²) >= 11 is 0. The van der Waals surface area contributed by atoms with E-state index < -0.39 is 16.0 Å². The maximum Gasteiger partial charge on any atom is 0.356 e. The number of sulfonamides is 1. The molecule has 9 heteroatoms. The number of aromatic nitrogens is 2. The van der Waals surface area contributed by atoms with Gasteiger partial charge in [0.25, 0.3) is 10.0 Å². The van der Waals surface area contributed by atoms with Crippen LogP contribution in [0.4, 0.5) is 11.4 Å². The highest BCUT2D eigenvalue weighted by Crippen LogP contribution is 2.25. The lowest BCUT2D eigenvalue weighted by Gasteiger charge is -2.11. The minimum absolute atomic E-state index is 0.0668. The molecule has 34 heavy (non-hydrogen) atoms. The molecule has 0 atom stereocenters. The van der Waals surface area contributed by atoms with E-state index in [0.717, 1.165) is 0 Å². The van der Waals surface area contributed by atoms with E-state index in [-0.39, 0.29) is 10.6 Å². The number of fused-ring (bicyclic) bond motifs is 1. The predicted molar refractivity (Wildman–Crippen MR) is 130 cm³/mol. The van der Waals surface area contributed by atoms with Crippen molar-refractivity contribution in [2.45, 2.75) is 11.8 Å². The maximum absolute atomic E-state index is 13.2. The molecule has 0 aliphatic rings. The molecule has 4 aromatic rings. The van der Waals surface area contributed by atoms with Gasteiger partial charge in [-0.25, -0.2) is 18.2 Å². The third-order valence-electron chi connectivity index (χ3n) is 4.86. The Morgan fingerprint density at radius 2 is 1.79 bits per heavy atom. The van der Waals surface area contributed by atoms with Crippen LogP contribution in [0.1, 0.15) is 28.5 Å². The Balaban J connectivity index is 1.68. The molecular formula is C25H20N4O4S. The molecule has 0 saturated heterocycles. The van der Waals surface area contributed by atoms with Crippen molar-refractivity contribution in [2.75, 3.05) is 16.6 Å². The number of rotatable bonds is 6. The molecule has 170 valence electrons. The average molecular weight is 473 g/mol. The van der Waals surface area contributed by atoms with E-state index in [4.69, 9.17) is 0 Å². The highest BCUT2D eigenvalue weighted by atomic mass is 32.2. The van der Waals surface area contributed by atoms with Gasteiger partial charge in [-0.2, -0.15) is 0 Å². The Morgan fingerprint density at radius 3 is 2.59 bits per heavy atom. The average Bonchev–Trinajstić information content (AvgIpc) is 2.83. The molecule has 0 fully saturated rings. The number of aromatic carboxylic acids is 1. The topological polar surface area (TPSA) is 121 Å². The molecule has 2 aromatic carbocycles. The summed E-state index contributed by atoms with van der Waals surface area (Å²) in [5.74, 6) is 4.74. The quantitative estimate of drug-likeness (QED) is 0.363. The fourth-order valence-corrected chi connectivity index (χ4v) is 4.60. The molecule has 0 saturated carbocycles. The third-order valence-corrected chi connectivity index (χ3v) is 6.25. The molecule has 2 heterocycles. The molecule has 3 N–H and O–H groups in total. The summed E-state index contributed by atoms with van der Waals surface area (Å²) < 4.78 is 29.0. The number of pyridine rings is 2. The Bertz CT molecular complexity index is 1550. The number of carbonyl (C=O) groups is 1. The van der Waals surface area contributed by atoms with E-state index in [0.29, 0.717) is 39.9 Å². The summed E-state index contributed by atoms with van der Waals surface area (Å²) in [5, 5.41) is 13.0. The van der Waals surface area contributed by atoms with E-state index in [9.17, 15) is 18.3 Å². The lowest BCUT2D eigenvalue weighted by molar-refractivity contribution is 0.0691. The van der Waals surface area contributed by atoms with Crippen molar-refractivity contribution >= 4 is 38.3 Å². The zero-order valence-corrected chi connectivity index (χ0v) is 18.9. The SMILES string of the molecule is CCNc1cc(C#Cc2ccccc2NS(=O)(=O)c2cccc3cccnc23)cnc1C(=O)O. The Morgan fingerprint density at radius 1 is 1.00 bits per heavy atom. The van der Waals surface area contributed by atoms with Crippen LogP contribution in [0.25, 0.3) is 10.9 Å². The van der Waals surface area contributed by atoms with Gasteiger partial charge in [0.2, 0.25) is 0 Å². The van der Waals surface area contributed by atoms with Gasteiger partial charge in [-0.15, -0.1) is 0 Å². The van der Waals surface area contributed by atoms with E-state index in [1.807, 2.05) is 6.92 Å². The van der Waals surface area contributed by atoms with Crippen molar-refractivity contribution in [2.24, 2.45) is 0 Å². The van der Waals surface area contributed by atoms with Gasteiger partial charge in [-0.05, 0) is 37.3 Å². The smallest absolute Gasteiger partial charge is 0.356 e. The van der Waals surface area contributed by atoms with Crippen molar-refractivity contribution in [1.82, 2.24) is 9.97 Å². The number of anilines is 2. The summed E-state index contributed by atoms with van der Waals surface area (Å²) in [5.41, 5.74) is 1.89. The monoisotopic (exact) mass is 472 g/mol. The second-order valence-electron chi connectivity index (χ2n) is 7.19. The molecule has 0 radical (unpaired) electrons. The van der Waals surface area contributed by atoms with Crippen LogP contribution in [-0.4, -0.2) is 36.0 Å². The van der Waals surface area contributed by atoms with Gasteiger partial charge >= 0.3 is 5.97 Å². The normalized spacial score (nSPS) is 10.9. The minimum atomic E-state index is -3.94. The highest BCUT2D eigenvalue weighted by molar-refractivity contribution is 7.93. The second-order valence-corrected chi connectivity index (χ2v) is 8.84. The van der Waals surface area contributed by atoms with Crippen LogP contribution in [0.5, 0.6) is 0 Å². The zero-order valence-electron chi connectivity index (χ0n) is 18.1. The summed E-state index contributed by atoms with van der Waals surface area (Å²) in [7, 11) is -3.94. The van der Waals surface area contributed by atoms with Gasteiger partial charge in [-0.3, -0.25) is 9.71 Å². The fourth-order valence-electron chi connectivity index (χ4n) is 3.34. The number of nitrogens with zero attached hydrogens (tertiary/aromatic N) is 2. The molecule has 0 amide bonds. The molecule has 2 aromatic heterocycles. The first-order valence-corrected chi connectivity index (χ1v) is 11.8. The Kier molecular flexibility index (Phi) is 6.43. The minimum Gasteiger partial charge on any atom is -0.476 e. The molecule has 4 rings (SSSR count). The van der Waals surface area contributed by atoms with Crippen LogP contribution in [0.3, 0.4) is 0 Å².